The first kappa shape index (κ1) is 26.5. The summed E-state index contributed by atoms with van der Waals surface area (Å²) in [7, 11) is 0. The van der Waals surface area contributed by atoms with Crippen molar-refractivity contribution < 1.29 is 19.2 Å². The number of amides is 5. The number of halogens is 1. The van der Waals surface area contributed by atoms with E-state index in [2.05, 4.69) is 10.6 Å². The van der Waals surface area contributed by atoms with Crippen LogP contribution in [0.2, 0.25) is 5.02 Å². The average Bonchev–Trinajstić information content (AvgIpc) is 3.07. The maximum Gasteiger partial charge on any atom is 0.325 e. The van der Waals surface area contributed by atoms with Crippen molar-refractivity contribution in [2.24, 2.45) is 11.3 Å². The number of hydrogen-bond donors (Lipinski definition) is 2. The van der Waals surface area contributed by atoms with E-state index < -0.39 is 11.6 Å². The quantitative estimate of drug-likeness (QED) is 0.408. The van der Waals surface area contributed by atoms with Crippen molar-refractivity contribution in [3.05, 3.63) is 34.9 Å². The van der Waals surface area contributed by atoms with Crippen molar-refractivity contribution in [2.75, 3.05) is 19.6 Å². The molecule has 1 aliphatic carbocycles. The number of imide groups is 1. The smallest absolute Gasteiger partial charge is 0.325 e. The lowest BCUT2D eigenvalue weighted by Crippen LogP contribution is -2.55. The van der Waals surface area contributed by atoms with Crippen LogP contribution in [0.25, 0.3) is 0 Å². The molecule has 0 aromatic heterocycles. The molecule has 0 radical (unpaired) electrons. The fourth-order valence-electron chi connectivity index (χ4n) is 6.24. The number of likely N-dealkylation sites (tertiary alicyclic amines) is 1. The Bertz CT molecular complexity index is 982. The molecule has 1 aromatic rings. The van der Waals surface area contributed by atoms with Gasteiger partial charge in [0, 0.05) is 31.1 Å². The van der Waals surface area contributed by atoms with Crippen molar-refractivity contribution in [2.45, 2.75) is 76.8 Å². The largest absolute Gasteiger partial charge is 0.347 e. The van der Waals surface area contributed by atoms with Gasteiger partial charge < -0.3 is 15.5 Å². The van der Waals surface area contributed by atoms with E-state index in [-0.39, 0.29) is 23.3 Å². The summed E-state index contributed by atoms with van der Waals surface area (Å²) in [5, 5.41) is 6.12. The van der Waals surface area contributed by atoms with E-state index in [1.54, 1.807) is 26.0 Å². The number of nitrogens with zero attached hydrogens (tertiary/aromatic N) is 2. The molecule has 196 valence electrons. The average molecular weight is 517 g/mol. The zero-order valence-corrected chi connectivity index (χ0v) is 22.0. The molecule has 3 aliphatic rings. The van der Waals surface area contributed by atoms with Crippen molar-refractivity contribution >= 4 is 35.9 Å². The maximum atomic E-state index is 13.4. The Morgan fingerprint density at radius 1 is 1.14 bits per heavy atom. The van der Waals surface area contributed by atoms with Crippen LogP contribution in [0.3, 0.4) is 0 Å². The molecule has 2 aliphatic heterocycles. The Hall–Kier alpha value is -2.61. The van der Waals surface area contributed by atoms with Gasteiger partial charge in [-0.15, -0.1) is 0 Å². The molecule has 0 bridgehead atoms. The van der Waals surface area contributed by atoms with Gasteiger partial charge in [-0.25, -0.2) is 4.79 Å². The highest BCUT2D eigenvalue weighted by molar-refractivity contribution is 6.30. The topological polar surface area (TPSA) is 98.8 Å². The number of carbonyl (C=O) groups excluding carboxylic acids is 4. The Labute approximate surface area is 218 Å². The molecule has 9 heteroatoms. The van der Waals surface area contributed by atoms with Crippen LogP contribution in [0.15, 0.2) is 24.3 Å². The summed E-state index contributed by atoms with van der Waals surface area (Å²) >= 11 is 5.98. The maximum absolute atomic E-state index is 13.4. The zero-order valence-electron chi connectivity index (χ0n) is 21.2. The van der Waals surface area contributed by atoms with Gasteiger partial charge in [-0.05, 0) is 68.6 Å². The number of piperidine rings is 1. The highest BCUT2D eigenvalue weighted by atomic mass is 35.5. The number of rotatable bonds is 8. The third kappa shape index (κ3) is 5.53. The predicted molar refractivity (Wildman–Crippen MR) is 137 cm³/mol. The molecule has 1 atom stereocenters. The molecule has 5 amide bonds. The molecule has 3 fully saturated rings. The molecule has 2 N–H and O–H groups in total. The number of benzene rings is 1. The van der Waals surface area contributed by atoms with Gasteiger partial charge in [0.1, 0.15) is 11.6 Å². The van der Waals surface area contributed by atoms with Gasteiger partial charge >= 0.3 is 6.03 Å². The second-order valence-corrected chi connectivity index (χ2v) is 11.6. The minimum Gasteiger partial charge on any atom is -0.347 e. The first-order valence-electron chi connectivity index (χ1n) is 13.0. The minimum absolute atomic E-state index is 0.106. The molecule has 1 saturated carbocycles. The molecule has 36 heavy (non-hydrogen) atoms. The first-order valence-corrected chi connectivity index (χ1v) is 13.4. The molecular formula is C27H37ClN4O4. The van der Waals surface area contributed by atoms with Crippen LogP contribution in [0.1, 0.15) is 64.4 Å². The zero-order chi connectivity index (χ0) is 25.9. The van der Waals surface area contributed by atoms with Gasteiger partial charge in [-0.2, -0.15) is 0 Å². The van der Waals surface area contributed by atoms with E-state index in [0.29, 0.717) is 43.4 Å². The Morgan fingerprint density at radius 3 is 2.33 bits per heavy atom. The van der Waals surface area contributed by atoms with Gasteiger partial charge in [-0.3, -0.25) is 19.3 Å². The number of carbonyl (C=O) groups is 4. The van der Waals surface area contributed by atoms with Crippen molar-refractivity contribution in [3.63, 3.8) is 0 Å². The van der Waals surface area contributed by atoms with E-state index in [4.69, 9.17) is 11.6 Å². The van der Waals surface area contributed by atoms with Crippen molar-refractivity contribution in [1.29, 1.82) is 0 Å². The van der Waals surface area contributed by atoms with Gasteiger partial charge in [0.2, 0.25) is 12.3 Å². The van der Waals surface area contributed by atoms with Gasteiger partial charge in [0.05, 0.1) is 0 Å². The van der Waals surface area contributed by atoms with Gasteiger partial charge in [0.15, 0.2) is 0 Å². The summed E-state index contributed by atoms with van der Waals surface area (Å²) in [6.45, 7) is 4.96. The second kappa shape index (κ2) is 10.8. The number of hydrogen-bond acceptors (Lipinski definition) is 4. The minimum atomic E-state index is -0.892. The molecule has 4 rings (SSSR count). The highest BCUT2D eigenvalue weighted by Crippen LogP contribution is 2.47. The van der Waals surface area contributed by atoms with Crippen LogP contribution in [-0.2, 0) is 20.8 Å². The van der Waals surface area contributed by atoms with E-state index in [0.717, 1.165) is 44.1 Å². The first-order chi connectivity index (χ1) is 17.1. The summed E-state index contributed by atoms with van der Waals surface area (Å²) in [5.74, 6) is 0.135. The SMILES string of the molecule is CC1(C)NC(=O)N(CC2(C3CCCCC3)CCN(C(=O)[C@@H](Cc3ccc(Cl)cc3)NC=O)CC2)C1=O. The monoisotopic (exact) mass is 516 g/mol. The standard InChI is InChI=1S/C27H37ClN4O4/c1-26(2)24(35)32(25(36)30-26)17-27(20-6-4-3-5-7-20)12-14-31(15-13-27)23(34)22(29-18-33)16-19-8-10-21(28)11-9-19/h8-11,18,20,22H,3-7,12-17H2,1-2H3,(H,29,33)(H,30,36)/t22-/m1/s1. The van der Waals surface area contributed by atoms with Crippen LogP contribution in [0.5, 0.6) is 0 Å². The Kier molecular flexibility index (Phi) is 7.93. The highest BCUT2D eigenvalue weighted by Gasteiger charge is 2.51. The summed E-state index contributed by atoms with van der Waals surface area (Å²) < 4.78 is 0. The lowest BCUT2D eigenvalue weighted by Gasteiger charge is -2.49. The third-order valence-electron chi connectivity index (χ3n) is 8.38. The lowest BCUT2D eigenvalue weighted by molar-refractivity contribution is -0.140. The fraction of sp³-hybridized carbons (Fsp3) is 0.630. The van der Waals surface area contributed by atoms with E-state index in [1.807, 2.05) is 17.0 Å². The Morgan fingerprint density at radius 2 is 1.78 bits per heavy atom. The van der Waals surface area contributed by atoms with Crippen molar-refractivity contribution in [3.8, 4) is 0 Å². The summed E-state index contributed by atoms with van der Waals surface area (Å²) in [4.78, 5) is 53.6. The number of nitrogens with one attached hydrogen (secondary N) is 2. The Balaban J connectivity index is 1.48. The van der Waals surface area contributed by atoms with Crippen molar-refractivity contribution in [1.82, 2.24) is 20.4 Å². The van der Waals surface area contributed by atoms with Crippen LogP contribution in [0, 0.1) is 11.3 Å². The van der Waals surface area contributed by atoms with Crippen LogP contribution < -0.4 is 10.6 Å². The second-order valence-electron chi connectivity index (χ2n) is 11.1. The van der Waals surface area contributed by atoms with E-state index in [9.17, 15) is 19.2 Å². The fourth-order valence-corrected chi connectivity index (χ4v) is 6.36. The molecule has 0 unspecified atom stereocenters. The van der Waals surface area contributed by atoms with Gasteiger partial charge in [-0.1, -0.05) is 43.0 Å². The van der Waals surface area contributed by atoms with E-state index in [1.165, 1.54) is 11.3 Å². The molecule has 1 aromatic carbocycles. The van der Waals surface area contributed by atoms with Crippen LogP contribution in [-0.4, -0.2) is 65.3 Å². The molecular weight excluding hydrogens is 480 g/mol. The number of urea groups is 1. The summed E-state index contributed by atoms with van der Waals surface area (Å²) in [6, 6.07) is 6.29. The van der Waals surface area contributed by atoms with E-state index >= 15 is 0 Å². The molecule has 2 heterocycles. The molecule has 2 saturated heterocycles. The normalized spacial score (nSPS) is 22.8. The summed E-state index contributed by atoms with van der Waals surface area (Å²) in [6.07, 6.45) is 8.15. The summed E-state index contributed by atoms with van der Waals surface area (Å²) in [5.41, 5.74) is -0.174. The lowest BCUT2D eigenvalue weighted by atomic mass is 9.63. The molecule has 8 nitrogen and oxygen atoms in total. The molecule has 0 spiro atoms. The predicted octanol–water partition coefficient (Wildman–Crippen LogP) is 3.52. The third-order valence-corrected chi connectivity index (χ3v) is 8.63. The van der Waals surface area contributed by atoms with Crippen LogP contribution >= 0.6 is 11.6 Å². The van der Waals surface area contributed by atoms with Crippen LogP contribution in [0.4, 0.5) is 4.79 Å². The van der Waals surface area contributed by atoms with Gasteiger partial charge in [0.25, 0.3) is 5.91 Å².